The Morgan fingerprint density at radius 1 is 0.800 bits per heavy atom. The van der Waals surface area contributed by atoms with Crippen molar-refractivity contribution in [1.82, 2.24) is 8.61 Å². The number of rotatable bonds is 10. The topological polar surface area (TPSA) is 104 Å². The zero-order chi connectivity index (χ0) is 25.1. The summed E-state index contributed by atoms with van der Waals surface area (Å²) in [6.45, 7) is -0.128. The Hall–Kier alpha value is -3.05. The monoisotopic (exact) mass is 513 g/mol. The second-order valence-corrected chi connectivity index (χ2v) is 12.3. The van der Waals surface area contributed by atoms with Crippen LogP contribution in [0.1, 0.15) is 18.4 Å². The molecule has 1 amide bonds. The minimum absolute atomic E-state index is 0.00493. The van der Waals surface area contributed by atoms with Crippen molar-refractivity contribution >= 4 is 31.6 Å². The zero-order valence-electron chi connectivity index (χ0n) is 19.2. The number of hydrogen-bond donors (Lipinski definition) is 1. The van der Waals surface area contributed by atoms with Crippen molar-refractivity contribution in [2.45, 2.75) is 35.2 Å². The molecule has 0 saturated heterocycles. The number of sulfonamides is 2. The maximum absolute atomic E-state index is 13.3. The van der Waals surface area contributed by atoms with Gasteiger partial charge in [0.25, 0.3) is 0 Å². The van der Waals surface area contributed by atoms with E-state index in [-0.39, 0.29) is 28.9 Å². The molecule has 0 spiro atoms. The first kappa shape index (κ1) is 25.1. The minimum Gasteiger partial charge on any atom is -0.325 e. The molecule has 1 saturated carbocycles. The van der Waals surface area contributed by atoms with E-state index in [0.717, 1.165) is 5.56 Å². The fourth-order valence-corrected chi connectivity index (χ4v) is 6.46. The van der Waals surface area contributed by atoms with Crippen molar-refractivity contribution in [1.29, 1.82) is 0 Å². The SMILES string of the molecule is CN(Cc1ccccc1)S(=O)(=O)c1ccc(S(=O)(=O)N(CC(=O)Nc2ccccc2)C2CC2)cc1. The number of nitrogens with one attached hydrogen (secondary N) is 1. The predicted molar refractivity (Wildman–Crippen MR) is 134 cm³/mol. The van der Waals surface area contributed by atoms with Crippen LogP contribution in [-0.4, -0.2) is 51.0 Å². The van der Waals surface area contributed by atoms with E-state index in [0.29, 0.717) is 18.5 Å². The number of amides is 1. The van der Waals surface area contributed by atoms with Crippen LogP contribution in [0.2, 0.25) is 0 Å². The van der Waals surface area contributed by atoms with Crippen molar-refractivity contribution in [2.75, 3.05) is 18.9 Å². The summed E-state index contributed by atoms with van der Waals surface area (Å²) in [6.07, 6.45) is 1.35. The van der Waals surface area contributed by atoms with Gasteiger partial charge >= 0.3 is 0 Å². The number of benzene rings is 3. The van der Waals surface area contributed by atoms with Gasteiger partial charge in [0.1, 0.15) is 0 Å². The van der Waals surface area contributed by atoms with Gasteiger partial charge < -0.3 is 5.32 Å². The average molecular weight is 514 g/mol. The summed E-state index contributed by atoms with van der Waals surface area (Å²) in [5, 5.41) is 2.71. The molecule has 0 aromatic heterocycles. The van der Waals surface area contributed by atoms with Gasteiger partial charge in [-0.15, -0.1) is 0 Å². The molecule has 4 rings (SSSR count). The second kappa shape index (κ2) is 10.3. The molecule has 35 heavy (non-hydrogen) atoms. The molecule has 0 heterocycles. The van der Waals surface area contributed by atoms with Crippen LogP contribution in [0.5, 0.6) is 0 Å². The van der Waals surface area contributed by atoms with Gasteiger partial charge in [0, 0.05) is 25.3 Å². The van der Waals surface area contributed by atoms with Gasteiger partial charge in [-0.3, -0.25) is 4.79 Å². The molecule has 1 aliphatic carbocycles. The third-order valence-corrected chi connectivity index (χ3v) is 9.43. The number of nitrogens with zero attached hydrogens (tertiary/aromatic N) is 2. The van der Waals surface area contributed by atoms with Crippen LogP contribution in [0, 0.1) is 0 Å². The maximum atomic E-state index is 13.3. The van der Waals surface area contributed by atoms with E-state index in [1.165, 1.54) is 39.9 Å². The third-order valence-electron chi connectivity index (χ3n) is 5.70. The van der Waals surface area contributed by atoms with E-state index in [1.54, 1.807) is 24.3 Å². The Morgan fingerprint density at radius 2 is 1.31 bits per heavy atom. The Kier molecular flexibility index (Phi) is 7.36. The zero-order valence-corrected chi connectivity index (χ0v) is 20.9. The van der Waals surface area contributed by atoms with E-state index >= 15 is 0 Å². The first-order valence-electron chi connectivity index (χ1n) is 11.1. The Bertz CT molecular complexity index is 1370. The van der Waals surface area contributed by atoms with Crippen LogP contribution in [0.25, 0.3) is 0 Å². The number of para-hydroxylation sites is 1. The molecule has 3 aromatic carbocycles. The highest BCUT2D eigenvalue weighted by atomic mass is 32.2. The molecule has 1 aliphatic rings. The molecule has 3 aromatic rings. The van der Waals surface area contributed by atoms with Crippen molar-refractivity contribution < 1.29 is 21.6 Å². The molecule has 8 nitrogen and oxygen atoms in total. The van der Waals surface area contributed by atoms with E-state index in [1.807, 2.05) is 36.4 Å². The van der Waals surface area contributed by atoms with Gasteiger partial charge in [-0.05, 0) is 54.8 Å². The lowest BCUT2D eigenvalue weighted by atomic mass is 10.2. The number of hydrogen-bond acceptors (Lipinski definition) is 5. The first-order valence-corrected chi connectivity index (χ1v) is 14.0. The molecule has 0 aliphatic heterocycles. The van der Waals surface area contributed by atoms with Crippen LogP contribution in [0.15, 0.2) is 94.7 Å². The Balaban J connectivity index is 1.49. The van der Waals surface area contributed by atoms with Crippen molar-refractivity contribution in [3.05, 3.63) is 90.5 Å². The number of carbonyl (C=O) groups is 1. The van der Waals surface area contributed by atoms with Crippen molar-refractivity contribution in [2.24, 2.45) is 0 Å². The Labute approximate surface area is 206 Å². The molecule has 10 heteroatoms. The lowest BCUT2D eigenvalue weighted by Gasteiger charge is -2.22. The maximum Gasteiger partial charge on any atom is 0.243 e. The summed E-state index contributed by atoms with van der Waals surface area (Å²) in [6, 6.07) is 22.9. The summed E-state index contributed by atoms with van der Waals surface area (Å²) in [5.41, 5.74) is 1.42. The highest BCUT2D eigenvalue weighted by Gasteiger charge is 2.39. The quantitative estimate of drug-likeness (QED) is 0.448. The third kappa shape index (κ3) is 5.96. The summed E-state index contributed by atoms with van der Waals surface area (Å²) in [7, 11) is -6.33. The fourth-order valence-electron chi connectivity index (χ4n) is 3.66. The van der Waals surface area contributed by atoms with Gasteiger partial charge in [0.15, 0.2) is 0 Å². The van der Waals surface area contributed by atoms with Crippen LogP contribution in [0.3, 0.4) is 0 Å². The van der Waals surface area contributed by atoms with E-state index in [9.17, 15) is 21.6 Å². The second-order valence-electron chi connectivity index (χ2n) is 8.41. The van der Waals surface area contributed by atoms with Crippen LogP contribution >= 0.6 is 0 Å². The highest BCUT2D eigenvalue weighted by molar-refractivity contribution is 7.89. The van der Waals surface area contributed by atoms with Gasteiger partial charge in [0.2, 0.25) is 26.0 Å². The van der Waals surface area contributed by atoms with Gasteiger partial charge in [0.05, 0.1) is 16.3 Å². The van der Waals surface area contributed by atoms with Crippen molar-refractivity contribution in [3.63, 3.8) is 0 Å². The molecule has 0 unspecified atom stereocenters. The summed E-state index contributed by atoms with van der Waals surface area (Å²) >= 11 is 0. The average Bonchev–Trinajstić information content (AvgIpc) is 3.69. The smallest absolute Gasteiger partial charge is 0.243 e. The van der Waals surface area contributed by atoms with E-state index in [4.69, 9.17) is 0 Å². The largest absolute Gasteiger partial charge is 0.325 e. The summed E-state index contributed by atoms with van der Waals surface area (Å²) in [5.74, 6) is -0.437. The highest BCUT2D eigenvalue weighted by Crippen LogP contribution is 2.32. The van der Waals surface area contributed by atoms with Crippen LogP contribution in [0.4, 0.5) is 5.69 Å². The van der Waals surface area contributed by atoms with Crippen LogP contribution < -0.4 is 5.32 Å². The molecule has 1 fully saturated rings. The summed E-state index contributed by atoms with van der Waals surface area (Å²) in [4.78, 5) is 12.5. The van der Waals surface area contributed by atoms with Gasteiger partial charge in [-0.1, -0.05) is 48.5 Å². The number of carbonyl (C=O) groups excluding carboxylic acids is 1. The standard InChI is InChI=1S/C25H27N3O5S2/c1-27(18-20-8-4-2-5-9-20)34(30,31)23-14-16-24(17-15-23)35(32,33)28(22-12-13-22)19-25(29)26-21-10-6-3-7-11-21/h2-11,14-17,22H,12-13,18-19H2,1H3,(H,26,29). The summed E-state index contributed by atoms with van der Waals surface area (Å²) < 4.78 is 55.0. The fraction of sp³-hybridized carbons (Fsp3) is 0.240. The predicted octanol–water partition coefficient (Wildman–Crippen LogP) is 3.30. The first-order chi connectivity index (χ1) is 16.7. The Morgan fingerprint density at radius 3 is 1.86 bits per heavy atom. The molecule has 1 N–H and O–H groups in total. The van der Waals surface area contributed by atoms with Gasteiger partial charge in [-0.2, -0.15) is 8.61 Å². The van der Waals surface area contributed by atoms with E-state index in [2.05, 4.69) is 5.32 Å². The molecular weight excluding hydrogens is 486 g/mol. The number of anilines is 1. The molecule has 0 atom stereocenters. The normalized spacial score (nSPS) is 14.3. The molecular formula is C25H27N3O5S2. The van der Waals surface area contributed by atoms with Crippen molar-refractivity contribution in [3.8, 4) is 0 Å². The lowest BCUT2D eigenvalue weighted by Crippen LogP contribution is -2.39. The van der Waals surface area contributed by atoms with E-state index < -0.39 is 26.0 Å². The molecule has 0 radical (unpaired) electrons. The minimum atomic E-state index is -3.99. The molecule has 0 bridgehead atoms. The lowest BCUT2D eigenvalue weighted by molar-refractivity contribution is -0.116. The molecule has 184 valence electrons. The van der Waals surface area contributed by atoms with Gasteiger partial charge in [-0.25, -0.2) is 16.8 Å². The van der Waals surface area contributed by atoms with Crippen LogP contribution in [-0.2, 0) is 31.4 Å².